The average molecular weight is 372 g/mol. The van der Waals surface area contributed by atoms with Crippen molar-refractivity contribution in [3.63, 3.8) is 0 Å². The van der Waals surface area contributed by atoms with Gasteiger partial charge in [0.25, 0.3) is 0 Å². The second-order valence-electron chi connectivity index (χ2n) is 8.06. The van der Waals surface area contributed by atoms with Crippen LogP contribution < -0.4 is 4.90 Å². The molecule has 2 fully saturated rings. The minimum absolute atomic E-state index is 0.137. The summed E-state index contributed by atoms with van der Waals surface area (Å²) in [6.07, 6.45) is 4.11. The average Bonchev–Trinajstić information content (AvgIpc) is 2.69. The fourth-order valence-electron chi connectivity index (χ4n) is 4.37. The summed E-state index contributed by atoms with van der Waals surface area (Å²) in [5.41, 5.74) is 0.953. The molecule has 0 unspecified atom stereocenters. The highest BCUT2D eigenvalue weighted by Crippen LogP contribution is 2.24. The summed E-state index contributed by atoms with van der Waals surface area (Å²) in [7, 11) is 0. The molecule has 0 N–H and O–H groups in total. The molecule has 2 amide bonds. The van der Waals surface area contributed by atoms with Crippen LogP contribution in [-0.2, 0) is 9.59 Å². The molecule has 5 heteroatoms. The molecule has 2 saturated heterocycles. The number of benzene rings is 1. The summed E-state index contributed by atoms with van der Waals surface area (Å²) in [6.45, 7) is 8.85. The predicted molar refractivity (Wildman–Crippen MR) is 109 cm³/mol. The van der Waals surface area contributed by atoms with E-state index in [-0.39, 0.29) is 11.8 Å². The first-order valence-electron chi connectivity index (χ1n) is 10.4. The van der Waals surface area contributed by atoms with Crippen LogP contribution in [0.3, 0.4) is 0 Å². The van der Waals surface area contributed by atoms with E-state index in [9.17, 15) is 9.59 Å². The minimum Gasteiger partial charge on any atom is -0.342 e. The zero-order chi connectivity index (χ0) is 19.2. The third kappa shape index (κ3) is 5.10. The highest BCUT2D eigenvalue weighted by atomic mass is 16.2. The number of para-hydroxylation sites is 1. The molecule has 27 heavy (non-hydrogen) atoms. The van der Waals surface area contributed by atoms with E-state index in [1.807, 2.05) is 42.2 Å². The molecule has 148 valence electrons. The van der Waals surface area contributed by atoms with Crippen LogP contribution in [0, 0.1) is 11.8 Å². The van der Waals surface area contributed by atoms with Gasteiger partial charge in [0.1, 0.15) is 0 Å². The summed E-state index contributed by atoms with van der Waals surface area (Å²) in [5.74, 6) is 1.24. The van der Waals surface area contributed by atoms with Gasteiger partial charge in [0, 0.05) is 31.2 Å². The number of hydrogen-bond acceptors (Lipinski definition) is 3. The molecule has 1 atom stereocenters. The lowest BCUT2D eigenvalue weighted by atomic mass is 9.93. The van der Waals surface area contributed by atoms with E-state index in [2.05, 4.69) is 16.7 Å². The van der Waals surface area contributed by atoms with Crippen molar-refractivity contribution in [2.24, 2.45) is 11.8 Å². The molecule has 0 saturated carbocycles. The van der Waals surface area contributed by atoms with Crippen molar-refractivity contribution in [3.05, 3.63) is 30.3 Å². The fourth-order valence-corrected chi connectivity index (χ4v) is 4.37. The number of piperidine rings is 2. The quantitative estimate of drug-likeness (QED) is 0.799. The van der Waals surface area contributed by atoms with E-state index in [0.717, 1.165) is 51.1 Å². The second kappa shape index (κ2) is 9.36. The van der Waals surface area contributed by atoms with E-state index in [1.165, 1.54) is 6.42 Å². The maximum absolute atomic E-state index is 12.8. The molecule has 0 bridgehead atoms. The maximum Gasteiger partial charge on any atom is 0.241 e. The monoisotopic (exact) mass is 371 g/mol. The molecule has 2 heterocycles. The van der Waals surface area contributed by atoms with Crippen LogP contribution in [0.5, 0.6) is 0 Å². The Morgan fingerprint density at radius 2 is 1.78 bits per heavy atom. The Morgan fingerprint density at radius 3 is 2.41 bits per heavy atom. The second-order valence-corrected chi connectivity index (χ2v) is 8.06. The van der Waals surface area contributed by atoms with Gasteiger partial charge in [-0.25, -0.2) is 0 Å². The number of carbonyl (C=O) groups excluding carboxylic acids is 2. The molecule has 1 aromatic rings. The van der Waals surface area contributed by atoms with Gasteiger partial charge < -0.3 is 9.80 Å². The third-order valence-corrected chi connectivity index (χ3v) is 5.95. The van der Waals surface area contributed by atoms with Gasteiger partial charge in [-0.3, -0.25) is 14.5 Å². The Morgan fingerprint density at radius 1 is 1.07 bits per heavy atom. The van der Waals surface area contributed by atoms with Gasteiger partial charge in [-0.15, -0.1) is 0 Å². The van der Waals surface area contributed by atoms with E-state index < -0.39 is 0 Å². The lowest BCUT2D eigenvalue weighted by molar-refractivity contribution is -0.138. The fraction of sp³-hybridized carbons (Fsp3) is 0.636. The van der Waals surface area contributed by atoms with Crippen LogP contribution in [0.2, 0.25) is 0 Å². The van der Waals surface area contributed by atoms with Crippen molar-refractivity contribution in [3.8, 4) is 0 Å². The largest absolute Gasteiger partial charge is 0.342 e. The summed E-state index contributed by atoms with van der Waals surface area (Å²) in [5, 5.41) is 0. The normalized spacial score (nSPS) is 21.9. The number of hydrogen-bond donors (Lipinski definition) is 0. The smallest absolute Gasteiger partial charge is 0.241 e. The molecular formula is C22H33N3O2. The molecule has 0 spiro atoms. The van der Waals surface area contributed by atoms with Gasteiger partial charge in [0.2, 0.25) is 11.8 Å². The third-order valence-electron chi connectivity index (χ3n) is 5.95. The van der Waals surface area contributed by atoms with Crippen molar-refractivity contribution in [2.75, 3.05) is 44.2 Å². The number of anilines is 1. The maximum atomic E-state index is 12.8. The van der Waals surface area contributed by atoms with Gasteiger partial charge in [0.05, 0.1) is 6.54 Å². The summed E-state index contributed by atoms with van der Waals surface area (Å²) < 4.78 is 0. The molecule has 0 aliphatic carbocycles. The Balaban J connectivity index is 1.49. The molecule has 2 aliphatic rings. The number of rotatable bonds is 5. The van der Waals surface area contributed by atoms with Crippen molar-refractivity contribution >= 4 is 17.5 Å². The highest BCUT2D eigenvalue weighted by Gasteiger charge is 2.31. The highest BCUT2D eigenvalue weighted by molar-refractivity contribution is 5.94. The first-order valence-corrected chi connectivity index (χ1v) is 10.4. The van der Waals surface area contributed by atoms with Crippen molar-refractivity contribution in [2.45, 2.75) is 39.5 Å². The topological polar surface area (TPSA) is 43.9 Å². The molecular weight excluding hydrogens is 338 g/mol. The van der Waals surface area contributed by atoms with Crippen LogP contribution in [0.4, 0.5) is 5.69 Å². The summed E-state index contributed by atoms with van der Waals surface area (Å²) in [4.78, 5) is 31.7. The Labute approximate surface area is 163 Å². The Bertz CT molecular complexity index is 626. The van der Waals surface area contributed by atoms with Crippen molar-refractivity contribution in [1.29, 1.82) is 0 Å². The van der Waals surface area contributed by atoms with Gasteiger partial charge in [-0.05, 0) is 63.7 Å². The van der Waals surface area contributed by atoms with E-state index in [1.54, 1.807) is 0 Å². The van der Waals surface area contributed by atoms with E-state index in [4.69, 9.17) is 0 Å². The van der Waals surface area contributed by atoms with Gasteiger partial charge in [-0.2, -0.15) is 0 Å². The Hall–Kier alpha value is -1.88. The number of amides is 2. The molecule has 0 radical (unpaired) electrons. The molecule has 3 rings (SSSR count). The Kier molecular flexibility index (Phi) is 6.89. The van der Waals surface area contributed by atoms with Crippen LogP contribution in [-0.4, -0.2) is 60.9 Å². The van der Waals surface area contributed by atoms with Gasteiger partial charge in [0.15, 0.2) is 0 Å². The van der Waals surface area contributed by atoms with E-state index in [0.29, 0.717) is 24.9 Å². The first kappa shape index (κ1) is 19.9. The van der Waals surface area contributed by atoms with E-state index >= 15 is 0 Å². The first-order chi connectivity index (χ1) is 13.1. The standard InChI is InChI=1S/C22H33N3O2/c1-3-25(20-9-5-4-6-10-20)21(26)17-23-14-11-19(12-15-23)22(27)24-13-7-8-18(2)16-24/h4-6,9-10,18-19H,3,7-8,11-17H2,1-2H3/t18-/m0/s1. The number of likely N-dealkylation sites (tertiary alicyclic amines) is 2. The lowest BCUT2D eigenvalue weighted by Crippen LogP contribution is -2.48. The predicted octanol–water partition coefficient (Wildman–Crippen LogP) is 3.01. The zero-order valence-electron chi connectivity index (χ0n) is 16.8. The molecule has 5 nitrogen and oxygen atoms in total. The van der Waals surface area contributed by atoms with Crippen LogP contribution in [0.25, 0.3) is 0 Å². The lowest BCUT2D eigenvalue weighted by Gasteiger charge is -2.37. The molecule has 0 aromatic heterocycles. The number of nitrogens with zero attached hydrogens (tertiary/aromatic N) is 3. The van der Waals surface area contributed by atoms with Gasteiger partial charge >= 0.3 is 0 Å². The number of likely N-dealkylation sites (N-methyl/N-ethyl adjacent to an activating group) is 1. The van der Waals surface area contributed by atoms with Crippen molar-refractivity contribution in [1.82, 2.24) is 9.80 Å². The van der Waals surface area contributed by atoms with Crippen LogP contribution in [0.15, 0.2) is 30.3 Å². The van der Waals surface area contributed by atoms with Gasteiger partial charge in [-0.1, -0.05) is 25.1 Å². The minimum atomic E-state index is 0.137. The molecule has 1 aromatic carbocycles. The molecule has 2 aliphatic heterocycles. The SMILES string of the molecule is CCN(C(=O)CN1CCC(C(=O)N2CCC[C@H](C)C2)CC1)c1ccccc1. The number of carbonyl (C=O) groups is 2. The summed E-state index contributed by atoms with van der Waals surface area (Å²) in [6, 6.07) is 9.85. The zero-order valence-corrected chi connectivity index (χ0v) is 16.8. The van der Waals surface area contributed by atoms with Crippen LogP contribution in [0.1, 0.15) is 39.5 Å². The summed E-state index contributed by atoms with van der Waals surface area (Å²) >= 11 is 0. The van der Waals surface area contributed by atoms with Crippen LogP contribution >= 0.6 is 0 Å². The van der Waals surface area contributed by atoms with Crippen molar-refractivity contribution < 1.29 is 9.59 Å².